The van der Waals surface area contributed by atoms with Crippen LogP contribution in [0, 0.1) is 21.8 Å². The van der Waals surface area contributed by atoms with E-state index in [-0.39, 0.29) is 59.1 Å². The van der Waals surface area contributed by atoms with E-state index in [4.69, 9.17) is 1.12 Å². The second kappa shape index (κ2) is 19.0. The van der Waals surface area contributed by atoms with Gasteiger partial charge in [0.05, 0.1) is 16.2 Å². The van der Waals surface area contributed by atoms with E-state index < -0.39 is 17.7 Å². The zero-order chi connectivity index (χ0) is 16.5. The SMILES string of the molecule is Ic1cnc[nH]1.Ic1nc(I)c(I)[nH]1.[2H]S(=O)(=O)O[CH-]F.[Na+].[Na+]. The van der Waals surface area contributed by atoms with Crippen LogP contribution >= 0.6 is 90.4 Å². The largest absolute Gasteiger partial charge is 1.00 e. The van der Waals surface area contributed by atoms with E-state index in [9.17, 15) is 12.8 Å². The van der Waals surface area contributed by atoms with E-state index in [2.05, 4.69) is 114 Å². The van der Waals surface area contributed by atoms with Gasteiger partial charge in [-0.05, 0) is 97.2 Å². The van der Waals surface area contributed by atoms with Gasteiger partial charge in [0, 0.05) is 0 Å². The monoisotopic (exact) mass is 800 g/mol. The standard InChI is InChI=1S/C3HI3N2.C3H3IN2.CH2FO3S.2Na/c4-1-2(5)8-3(6)7-1;4-3-1-5-2-6-3;2-1-5-6(3)4;;/h(H,7,8);1-2H,(H,5,6);1,6H;;/q;;-1;2*+1/i;;6D;;. The first-order valence-corrected chi connectivity index (χ1v) is 9.57. The van der Waals surface area contributed by atoms with Crippen molar-refractivity contribution in [2.24, 2.45) is 0 Å². The van der Waals surface area contributed by atoms with Gasteiger partial charge in [-0.2, -0.15) is 0 Å². The number of aromatic nitrogens is 4. The van der Waals surface area contributed by atoms with Crippen LogP contribution in [0.2, 0.25) is 0 Å². The molecule has 0 aliphatic rings. The Bertz CT molecular complexity index is 614. The molecule has 0 amide bonds. The Morgan fingerprint density at radius 3 is 2.00 bits per heavy atom. The molecule has 2 aromatic rings. The predicted molar refractivity (Wildman–Crippen MR) is 105 cm³/mol. The third-order valence-corrected chi connectivity index (χ3v) is 5.09. The van der Waals surface area contributed by atoms with Gasteiger partial charge in [0.2, 0.25) is 12.0 Å². The predicted octanol–water partition coefficient (Wildman–Crippen LogP) is -3.14. The molecule has 0 aromatic carbocycles. The molecule has 2 heterocycles. The van der Waals surface area contributed by atoms with Crippen molar-refractivity contribution >= 4 is 101 Å². The molecule has 15 heteroatoms. The number of halogens is 5. The third kappa shape index (κ3) is 18.0. The summed E-state index contributed by atoms with van der Waals surface area (Å²) < 4.78 is 42.5. The number of rotatable bonds is 2. The molecular weight excluding hydrogens is 793 g/mol. The van der Waals surface area contributed by atoms with Crippen molar-refractivity contribution in [1.29, 1.82) is 1.12 Å². The topological polar surface area (TPSA) is 101 Å². The summed E-state index contributed by atoms with van der Waals surface area (Å²) in [5, 5.41) is 0. The number of nitrogens with zero attached hydrogens (tertiary/aromatic N) is 2. The molecule has 0 bridgehead atoms. The molecule has 22 heavy (non-hydrogen) atoms. The van der Waals surface area contributed by atoms with Crippen LogP contribution in [0.5, 0.6) is 0 Å². The summed E-state index contributed by atoms with van der Waals surface area (Å²) in [4.78, 5) is 13.8. The quantitative estimate of drug-likeness (QED) is 0.129. The number of hydrogen-bond donors (Lipinski definition) is 3. The first-order valence-electron chi connectivity index (χ1n) is 4.66. The Morgan fingerprint density at radius 2 is 1.91 bits per heavy atom. The Morgan fingerprint density at radius 1 is 1.32 bits per heavy atom. The van der Waals surface area contributed by atoms with Crippen molar-refractivity contribution in [1.82, 2.24) is 19.9 Å². The third-order valence-electron chi connectivity index (χ3n) is 1.17. The molecule has 0 radical (unpaired) electrons. The van der Waals surface area contributed by atoms with Gasteiger partial charge < -0.3 is 18.5 Å². The average Bonchev–Trinajstić information content (AvgIpc) is 2.89. The van der Waals surface area contributed by atoms with Crippen LogP contribution in [-0.4, -0.2) is 29.5 Å². The van der Waals surface area contributed by atoms with Gasteiger partial charge in [-0.1, -0.05) is 0 Å². The molecule has 2 rings (SSSR count). The van der Waals surface area contributed by atoms with E-state index in [1.54, 1.807) is 12.5 Å². The van der Waals surface area contributed by atoms with Crippen molar-refractivity contribution in [3.63, 3.8) is 0 Å². The fraction of sp³-hybridized carbons (Fsp3) is 0. The average molecular weight is 800 g/mol. The van der Waals surface area contributed by atoms with Gasteiger partial charge >= 0.3 is 59.1 Å². The number of imidazole rings is 2. The molecule has 0 aliphatic carbocycles. The molecule has 0 atom stereocenters. The van der Waals surface area contributed by atoms with Gasteiger partial charge in [0.15, 0.2) is 3.83 Å². The Kier molecular flexibility index (Phi) is 23.6. The summed E-state index contributed by atoms with van der Waals surface area (Å²) in [5.74, 6) is 0. The summed E-state index contributed by atoms with van der Waals surface area (Å²) in [7, 11) is -4.35. The van der Waals surface area contributed by atoms with Crippen LogP contribution in [0.4, 0.5) is 4.39 Å². The van der Waals surface area contributed by atoms with Crippen LogP contribution in [0.15, 0.2) is 12.5 Å². The van der Waals surface area contributed by atoms with Gasteiger partial charge in [0.1, 0.15) is 7.40 Å². The van der Waals surface area contributed by atoms with Gasteiger partial charge in [-0.15, -0.1) is 0 Å². The molecule has 0 aliphatic heterocycles. The molecule has 7 nitrogen and oxygen atoms in total. The zero-order valence-corrected chi connectivity index (χ0v) is 24.6. The van der Waals surface area contributed by atoms with Gasteiger partial charge in [-0.3, -0.25) is 0 Å². The van der Waals surface area contributed by atoms with Crippen LogP contribution in [0.25, 0.3) is 0 Å². The number of hydrogen-bond acceptors (Lipinski definition) is 5. The van der Waals surface area contributed by atoms with Crippen molar-refractivity contribution in [2.45, 2.75) is 0 Å². The molecule has 2 aromatic heterocycles. The van der Waals surface area contributed by atoms with Crippen molar-refractivity contribution in [3.05, 3.63) is 34.3 Å². The summed E-state index contributed by atoms with van der Waals surface area (Å²) in [6.07, 6.45) is 3.42. The minimum Gasteiger partial charge on any atom is -0.429 e. The Hall–Kier alpha value is 3.18. The molecular formula is C7H6FI4N4Na2O3S+. The fourth-order valence-electron chi connectivity index (χ4n) is 0.574. The number of H-pyrrole nitrogens is 2. The van der Waals surface area contributed by atoms with E-state index in [1.165, 1.54) is 0 Å². The van der Waals surface area contributed by atoms with E-state index >= 15 is 0 Å². The summed E-state index contributed by atoms with van der Waals surface area (Å²) in [5.41, 5.74) is 0. The van der Waals surface area contributed by atoms with Crippen molar-refractivity contribution in [3.8, 4) is 0 Å². The molecule has 114 valence electrons. The molecule has 0 saturated carbocycles. The number of thiol groups is 1. The van der Waals surface area contributed by atoms with E-state index in [1.807, 2.05) is 0 Å². The Labute approximate surface area is 228 Å². The van der Waals surface area contributed by atoms with E-state index in [0.29, 0.717) is 0 Å². The molecule has 0 unspecified atom stereocenters. The molecule has 0 fully saturated rings. The maximum Gasteiger partial charge on any atom is 1.00 e. The molecule has 0 spiro atoms. The summed E-state index contributed by atoms with van der Waals surface area (Å²) >= 11 is 8.71. The minimum absolute atomic E-state index is 0. The molecule has 2 N–H and O–H groups in total. The minimum atomic E-state index is -4.35. The van der Waals surface area contributed by atoms with Crippen LogP contribution in [0.1, 0.15) is 0 Å². The van der Waals surface area contributed by atoms with Crippen molar-refractivity contribution < 1.29 is 76.1 Å². The normalized spacial score (nSPS) is 9.77. The van der Waals surface area contributed by atoms with Crippen LogP contribution in [0.3, 0.4) is 0 Å². The first kappa shape index (κ1) is 27.4. The summed E-state index contributed by atoms with van der Waals surface area (Å²) in [6.45, 7) is -0.567. The second-order valence-corrected chi connectivity index (χ2v) is 7.31. The van der Waals surface area contributed by atoms with Crippen LogP contribution in [-0.2, 0) is 15.1 Å². The van der Waals surface area contributed by atoms with Crippen molar-refractivity contribution in [2.75, 3.05) is 0 Å². The fourth-order valence-corrected chi connectivity index (χ4v) is 3.17. The van der Waals surface area contributed by atoms with Crippen LogP contribution < -0.4 is 59.1 Å². The number of nitrogens with one attached hydrogen (secondary N) is 2. The van der Waals surface area contributed by atoms with Gasteiger partial charge in [-0.25, -0.2) is 18.4 Å². The van der Waals surface area contributed by atoms with Gasteiger partial charge in [0.25, 0.3) is 0 Å². The second-order valence-electron chi connectivity index (χ2n) is 2.42. The van der Waals surface area contributed by atoms with E-state index in [0.717, 1.165) is 14.9 Å². The molecule has 0 saturated heterocycles. The zero-order valence-electron chi connectivity index (χ0n) is 12.1. The smallest absolute Gasteiger partial charge is 0.429 e. The maximum absolute atomic E-state index is 10.6. The maximum atomic E-state index is 10.6. The summed E-state index contributed by atoms with van der Waals surface area (Å²) in [6, 6.07) is 0. The first-order chi connectivity index (χ1) is 9.65. The Balaban J connectivity index is -0.000000252. The number of aromatic amines is 2.